The Bertz CT molecular complexity index is 808. The molecule has 0 atom stereocenters. The van der Waals surface area contributed by atoms with E-state index in [1.807, 2.05) is 0 Å². The quantitative estimate of drug-likeness (QED) is 0.786. The van der Waals surface area contributed by atoms with Crippen LogP contribution >= 0.6 is 0 Å². The Kier molecular flexibility index (Phi) is 4.19. The molecule has 1 amide bonds. The molecule has 3 aromatic rings. The molecule has 0 radical (unpaired) electrons. The van der Waals surface area contributed by atoms with Crippen LogP contribution in [0.3, 0.4) is 0 Å². The molecular formula is C18H13F2NO2. The molecule has 1 heterocycles. The lowest BCUT2D eigenvalue weighted by molar-refractivity contribution is 0.0924. The van der Waals surface area contributed by atoms with Gasteiger partial charge in [-0.25, -0.2) is 8.78 Å². The molecule has 0 spiro atoms. The Hall–Kier alpha value is -2.95. The van der Waals surface area contributed by atoms with Gasteiger partial charge in [0.1, 0.15) is 17.4 Å². The van der Waals surface area contributed by atoms with Crippen molar-refractivity contribution in [2.24, 2.45) is 0 Å². The van der Waals surface area contributed by atoms with Crippen molar-refractivity contribution in [3.05, 3.63) is 83.6 Å². The van der Waals surface area contributed by atoms with Gasteiger partial charge in [-0.3, -0.25) is 4.79 Å². The summed E-state index contributed by atoms with van der Waals surface area (Å²) in [4.78, 5) is 12.0. The van der Waals surface area contributed by atoms with Gasteiger partial charge in [-0.2, -0.15) is 0 Å². The lowest BCUT2D eigenvalue weighted by Crippen LogP contribution is -2.22. The summed E-state index contributed by atoms with van der Waals surface area (Å²) < 4.78 is 31.2. The van der Waals surface area contributed by atoms with Crippen LogP contribution in [0.15, 0.2) is 65.1 Å². The maximum atomic E-state index is 12.9. The average molecular weight is 313 g/mol. The number of furan rings is 1. The van der Waals surface area contributed by atoms with Crippen LogP contribution in [-0.2, 0) is 6.54 Å². The van der Waals surface area contributed by atoms with E-state index in [0.29, 0.717) is 11.3 Å². The molecule has 0 aliphatic carbocycles. The normalized spacial score (nSPS) is 10.5. The molecule has 1 aromatic heterocycles. The summed E-state index contributed by atoms with van der Waals surface area (Å²) in [5.41, 5.74) is 1.47. The van der Waals surface area contributed by atoms with Crippen molar-refractivity contribution in [3.8, 4) is 11.3 Å². The van der Waals surface area contributed by atoms with Crippen molar-refractivity contribution in [2.45, 2.75) is 6.54 Å². The van der Waals surface area contributed by atoms with Crippen molar-refractivity contribution in [1.29, 1.82) is 0 Å². The summed E-state index contributed by atoms with van der Waals surface area (Å²) in [7, 11) is 0. The Morgan fingerprint density at radius 1 is 0.870 bits per heavy atom. The minimum absolute atomic E-state index is 0.159. The van der Waals surface area contributed by atoms with E-state index >= 15 is 0 Å². The third kappa shape index (κ3) is 3.63. The van der Waals surface area contributed by atoms with E-state index in [0.717, 1.165) is 5.56 Å². The van der Waals surface area contributed by atoms with Gasteiger partial charge in [0, 0.05) is 12.1 Å². The molecule has 23 heavy (non-hydrogen) atoms. The van der Waals surface area contributed by atoms with Gasteiger partial charge >= 0.3 is 0 Å². The maximum Gasteiger partial charge on any atom is 0.287 e. The molecule has 0 saturated carbocycles. The van der Waals surface area contributed by atoms with Gasteiger partial charge in [0.25, 0.3) is 5.91 Å². The standard InChI is InChI=1S/C18H13F2NO2/c19-14-5-1-12(2-6-14)11-21-18(22)17-10-9-16(23-17)13-3-7-15(20)8-4-13/h1-10H,11H2,(H,21,22). The van der Waals surface area contributed by atoms with Crippen LogP contribution in [0, 0.1) is 11.6 Å². The zero-order valence-electron chi connectivity index (χ0n) is 12.1. The van der Waals surface area contributed by atoms with Crippen molar-refractivity contribution in [3.63, 3.8) is 0 Å². The SMILES string of the molecule is O=C(NCc1ccc(F)cc1)c1ccc(-c2ccc(F)cc2)o1. The molecule has 0 saturated heterocycles. The van der Waals surface area contributed by atoms with Gasteiger partial charge in [0.15, 0.2) is 5.76 Å². The molecule has 5 heteroatoms. The molecule has 1 N–H and O–H groups in total. The highest BCUT2D eigenvalue weighted by Crippen LogP contribution is 2.22. The van der Waals surface area contributed by atoms with E-state index < -0.39 is 0 Å². The smallest absolute Gasteiger partial charge is 0.287 e. The molecule has 3 rings (SSSR count). The Morgan fingerprint density at radius 2 is 1.48 bits per heavy atom. The summed E-state index contributed by atoms with van der Waals surface area (Å²) >= 11 is 0. The fourth-order valence-electron chi connectivity index (χ4n) is 2.10. The minimum Gasteiger partial charge on any atom is -0.451 e. The van der Waals surface area contributed by atoms with E-state index in [2.05, 4.69) is 5.32 Å². The van der Waals surface area contributed by atoms with Crippen molar-refractivity contribution in [1.82, 2.24) is 5.32 Å². The second-order valence-corrected chi connectivity index (χ2v) is 4.98. The summed E-state index contributed by atoms with van der Waals surface area (Å²) in [6.07, 6.45) is 0. The van der Waals surface area contributed by atoms with Crippen LogP contribution in [0.5, 0.6) is 0 Å². The highest BCUT2D eigenvalue weighted by atomic mass is 19.1. The number of amides is 1. The lowest BCUT2D eigenvalue weighted by atomic mass is 10.2. The highest BCUT2D eigenvalue weighted by Gasteiger charge is 2.12. The predicted molar refractivity (Wildman–Crippen MR) is 81.7 cm³/mol. The van der Waals surface area contributed by atoms with E-state index in [1.54, 1.807) is 36.4 Å². The number of carbonyl (C=O) groups is 1. The van der Waals surface area contributed by atoms with E-state index in [-0.39, 0.29) is 29.8 Å². The number of benzene rings is 2. The van der Waals surface area contributed by atoms with Crippen LogP contribution in [0.1, 0.15) is 16.1 Å². The average Bonchev–Trinajstić information content (AvgIpc) is 3.05. The van der Waals surface area contributed by atoms with Gasteiger partial charge in [0.05, 0.1) is 0 Å². The van der Waals surface area contributed by atoms with Crippen LogP contribution in [-0.4, -0.2) is 5.91 Å². The zero-order valence-corrected chi connectivity index (χ0v) is 12.1. The molecule has 2 aromatic carbocycles. The first-order chi connectivity index (χ1) is 11.1. The molecule has 0 unspecified atom stereocenters. The maximum absolute atomic E-state index is 12.9. The molecule has 3 nitrogen and oxygen atoms in total. The molecule has 0 aliphatic rings. The van der Waals surface area contributed by atoms with Crippen molar-refractivity contribution < 1.29 is 18.0 Å². The van der Waals surface area contributed by atoms with Crippen LogP contribution in [0.2, 0.25) is 0 Å². The number of hydrogen-bond acceptors (Lipinski definition) is 2. The number of carbonyl (C=O) groups excluding carboxylic acids is 1. The molecule has 0 aliphatic heterocycles. The first-order valence-corrected chi connectivity index (χ1v) is 7.00. The van der Waals surface area contributed by atoms with E-state index in [1.165, 1.54) is 24.3 Å². The fraction of sp³-hybridized carbons (Fsp3) is 0.0556. The molecule has 116 valence electrons. The van der Waals surface area contributed by atoms with Crippen LogP contribution in [0.25, 0.3) is 11.3 Å². The first-order valence-electron chi connectivity index (χ1n) is 7.00. The minimum atomic E-state index is -0.373. The predicted octanol–water partition coefficient (Wildman–Crippen LogP) is 4.15. The largest absolute Gasteiger partial charge is 0.451 e. The summed E-state index contributed by atoms with van der Waals surface area (Å²) in [6, 6.07) is 14.9. The second kappa shape index (κ2) is 6.44. The fourth-order valence-corrected chi connectivity index (χ4v) is 2.10. The number of halogens is 2. The summed E-state index contributed by atoms with van der Waals surface area (Å²) in [5.74, 6) is -0.390. The Morgan fingerprint density at radius 3 is 2.13 bits per heavy atom. The van der Waals surface area contributed by atoms with Gasteiger partial charge in [0.2, 0.25) is 0 Å². The number of hydrogen-bond donors (Lipinski definition) is 1. The number of nitrogens with one attached hydrogen (secondary N) is 1. The Balaban J connectivity index is 1.66. The monoisotopic (exact) mass is 313 g/mol. The second-order valence-electron chi connectivity index (χ2n) is 4.98. The lowest BCUT2D eigenvalue weighted by Gasteiger charge is -2.03. The molecule has 0 bridgehead atoms. The highest BCUT2D eigenvalue weighted by molar-refractivity contribution is 5.92. The first kappa shape index (κ1) is 15.0. The molecule has 0 fully saturated rings. The summed E-state index contributed by atoms with van der Waals surface area (Å²) in [6.45, 7) is 0.270. The third-order valence-corrected chi connectivity index (χ3v) is 3.32. The van der Waals surface area contributed by atoms with Crippen molar-refractivity contribution in [2.75, 3.05) is 0 Å². The van der Waals surface area contributed by atoms with Gasteiger partial charge < -0.3 is 9.73 Å². The van der Waals surface area contributed by atoms with E-state index in [9.17, 15) is 13.6 Å². The van der Waals surface area contributed by atoms with Crippen LogP contribution in [0.4, 0.5) is 8.78 Å². The van der Waals surface area contributed by atoms with Gasteiger partial charge in [-0.05, 0) is 54.1 Å². The Labute approximate surface area is 131 Å². The van der Waals surface area contributed by atoms with E-state index in [4.69, 9.17) is 4.42 Å². The third-order valence-electron chi connectivity index (χ3n) is 3.32. The number of rotatable bonds is 4. The summed E-state index contributed by atoms with van der Waals surface area (Å²) in [5, 5.41) is 2.69. The van der Waals surface area contributed by atoms with Crippen LogP contribution < -0.4 is 5.32 Å². The van der Waals surface area contributed by atoms with Gasteiger partial charge in [-0.1, -0.05) is 12.1 Å². The van der Waals surface area contributed by atoms with Gasteiger partial charge in [-0.15, -0.1) is 0 Å². The zero-order chi connectivity index (χ0) is 16.2. The molecular weight excluding hydrogens is 300 g/mol. The topological polar surface area (TPSA) is 42.2 Å². The van der Waals surface area contributed by atoms with Crippen molar-refractivity contribution >= 4 is 5.91 Å².